The van der Waals surface area contributed by atoms with Gasteiger partial charge in [-0.3, -0.25) is 0 Å². The number of hydrogen-bond acceptors (Lipinski definition) is 3. The Kier molecular flexibility index (Phi) is 7.75. The molecule has 0 aliphatic rings. The van der Waals surface area contributed by atoms with Crippen molar-refractivity contribution >= 4 is 15.7 Å². The van der Waals surface area contributed by atoms with Crippen molar-refractivity contribution in [3.05, 3.63) is 24.3 Å². The minimum Gasteiger partial charge on any atom is -0.381 e. The summed E-state index contributed by atoms with van der Waals surface area (Å²) in [6.45, 7) is 6.68. The van der Waals surface area contributed by atoms with Gasteiger partial charge in [-0.2, -0.15) is 0 Å². The minimum atomic E-state index is -3.44. The van der Waals surface area contributed by atoms with Crippen molar-refractivity contribution in [2.45, 2.75) is 63.8 Å². The second-order valence-corrected chi connectivity index (χ2v) is 7.17. The van der Waals surface area contributed by atoms with Crippen LogP contribution in [0.15, 0.2) is 29.2 Å². The molecule has 1 rings (SSSR count). The molecule has 0 fully saturated rings. The van der Waals surface area contributed by atoms with Crippen LogP contribution in [0.2, 0.25) is 0 Å². The molecular weight excluding hydrogens is 284 g/mol. The summed E-state index contributed by atoms with van der Waals surface area (Å²) in [6, 6.07) is 7.36. The molecule has 1 aromatic carbocycles. The van der Waals surface area contributed by atoms with Crippen molar-refractivity contribution in [2.24, 2.45) is 0 Å². The first-order valence-electron chi connectivity index (χ1n) is 7.86. The average Bonchev–Trinajstić information content (AvgIpc) is 2.46. The first-order chi connectivity index (χ1) is 10.0. The van der Waals surface area contributed by atoms with Crippen LogP contribution in [0.4, 0.5) is 5.69 Å². The van der Waals surface area contributed by atoms with E-state index in [1.807, 2.05) is 19.1 Å². The Morgan fingerprint density at radius 3 is 2.48 bits per heavy atom. The SMILES string of the molecule is CCCCCC(C)Nc1ccccc1S(=O)(=O)NCCC. The van der Waals surface area contributed by atoms with Gasteiger partial charge in [0.1, 0.15) is 4.90 Å². The van der Waals surface area contributed by atoms with Crippen molar-refractivity contribution in [1.82, 2.24) is 4.72 Å². The third-order valence-electron chi connectivity index (χ3n) is 3.36. The van der Waals surface area contributed by atoms with E-state index in [4.69, 9.17) is 0 Å². The van der Waals surface area contributed by atoms with Gasteiger partial charge in [0.2, 0.25) is 10.0 Å². The van der Waals surface area contributed by atoms with Crippen LogP contribution in [-0.4, -0.2) is 21.0 Å². The van der Waals surface area contributed by atoms with Crippen LogP contribution in [0.1, 0.15) is 52.9 Å². The normalized spacial score (nSPS) is 13.1. The van der Waals surface area contributed by atoms with Crippen LogP contribution in [0.25, 0.3) is 0 Å². The first kappa shape index (κ1) is 18.0. The van der Waals surface area contributed by atoms with Crippen molar-refractivity contribution in [3.8, 4) is 0 Å². The van der Waals surface area contributed by atoms with Gasteiger partial charge in [-0.15, -0.1) is 0 Å². The zero-order valence-corrected chi connectivity index (χ0v) is 14.2. The lowest BCUT2D eigenvalue weighted by Crippen LogP contribution is -2.26. The molecule has 0 aromatic heterocycles. The highest BCUT2D eigenvalue weighted by atomic mass is 32.2. The maximum Gasteiger partial charge on any atom is 0.242 e. The number of sulfonamides is 1. The third-order valence-corrected chi connectivity index (χ3v) is 4.88. The molecule has 120 valence electrons. The lowest BCUT2D eigenvalue weighted by atomic mass is 10.1. The highest BCUT2D eigenvalue weighted by Crippen LogP contribution is 2.22. The maximum absolute atomic E-state index is 12.3. The van der Waals surface area contributed by atoms with Crippen molar-refractivity contribution in [1.29, 1.82) is 0 Å². The smallest absolute Gasteiger partial charge is 0.242 e. The molecule has 1 aromatic rings. The number of hydrogen-bond donors (Lipinski definition) is 2. The van der Waals surface area contributed by atoms with Crippen LogP contribution in [-0.2, 0) is 10.0 Å². The summed E-state index contributed by atoms with van der Waals surface area (Å²) in [5.74, 6) is 0. The molecule has 0 heterocycles. The molecule has 5 heteroatoms. The number of benzene rings is 1. The summed E-state index contributed by atoms with van der Waals surface area (Å²) >= 11 is 0. The average molecular weight is 312 g/mol. The fourth-order valence-corrected chi connectivity index (χ4v) is 3.48. The standard InChI is InChI=1S/C16H28N2O2S/c1-4-6-7-10-14(3)18-15-11-8-9-12-16(15)21(19,20)17-13-5-2/h8-9,11-12,14,17-18H,4-7,10,13H2,1-3H3. The summed E-state index contributed by atoms with van der Waals surface area (Å²) in [5.41, 5.74) is 0.685. The Balaban J connectivity index is 2.79. The molecule has 0 spiro atoms. The number of para-hydroxylation sites is 1. The minimum absolute atomic E-state index is 0.263. The second kappa shape index (κ2) is 9.05. The summed E-state index contributed by atoms with van der Waals surface area (Å²) in [4.78, 5) is 0.334. The van der Waals surface area contributed by atoms with Crippen LogP contribution >= 0.6 is 0 Å². The van der Waals surface area contributed by atoms with Gasteiger partial charge < -0.3 is 5.32 Å². The van der Waals surface area contributed by atoms with E-state index < -0.39 is 10.0 Å². The summed E-state index contributed by atoms with van der Waals surface area (Å²) in [6.07, 6.45) is 5.39. The highest BCUT2D eigenvalue weighted by Gasteiger charge is 2.18. The summed E-state index contributed by atoms with van der Waals surface area (Å²) in [7, 11) is -3.44. The van der Waals surface area contributed by atoms with E-state index >= 15 is 0 Å². The lowest BCUT2D eigenvalue weighted by Gasteiger charge is -2.18. The fraction of sp³-hybridized carbons (Fsp3) is 0.625. The molecule has 0 saturated carbocycles. The van der Waals surface area contributed by atoms with Crippen LogP contribution in [0.5, 0.6) is 0 Å². The lowest BCUT2D eigenvalue weighted by molar-refractivity contribution is 0.580. The summed E-state index contributed by atoms with van der Waals surface area (Å²) in [5, 5.41) is 3.33. The molecule has 0 radical (unpaired) electrons. The van der Waals surface area contributed by atoms with Crippen LogP contribution < -0.4 is 10.0 Å². The molecule has 1 unspecified atom stereocenters. The number of unbranched alkanes of at least 4 members (excludes halogenated alkanes) is 2. The van der Waals surface area contributed by atoms with Gasteiger partial charge in [0, 0.05) is 12.6 Å². The largest absolute Gasteiger partial charge is 0.381 e. The monoisotopic (exact) mass is 312 g/mol. The van der Waals surface area contributed by atoms with Gasteiger partial charge in [0.15, 0.2) is 0 Å². The molecule has 21 heavy (non-hydrogen) atoms. The van der Waals surface area contributed by atoms with Gasteiger partial charge in [-0.25, -0.2) is 13.1 Å². The molecule has 4 nitrogen and oxygen atoms in total. The van der Waals surface area contributed by atoms with E-state index in [0.717, 1.165) is 19.3 Å². The van der Waals surface area contributed by atoms with Gasteiger partial charge >= 0.3 is 0 Å². The van der Waals surface area contributed by atoms with E-state index in [1.54, 1.807) is 12.1 Å². The molecule has 0 amide bonds. The van der Waals surface area contributed by atoms with Gasteiger partial charge in [-0.05, 0) is 31.9 Å². The second-order valence-electron chi connectivity index (χ2n) is 5.44. The Bertz CT molecular complexity index is 515. The molecule has 0 saturated heterocycles. The van der Waals surface area contributed by atoms with Gasteiger partial charge in [0.05, 0.1) is 5.69 Å². The summed E-state index contributed by atoms with van der Waals surface area (Å²) < 4.78 is 27.2. The van der Waals surface area contributed by atoms with E-state index in [2.05, 4.69) is 23.9 Å². The maximum atomic E-state index is 12.3. The number of rotatable bonds is 10. The molecule has 0 aliphatic carbocycles. The van der Waals surface area contributed by atoms with Crippen LogP contribution in [0, 0.1) is 0 Å². The predicted molar refractivity (Wildman–Crippen MR) is 89.1 cm³/mol. The molecular formula is C16H28N2O2S. The highest BCUT2D eigenvalue weighted by molar-refractivity contribution is 7.89. The number of nitrogens with one attached hydrogen (secondary N) is 2. The van der Waals surface area contributed by atoms with E-state index in [-0.39, 0.29) is 6.04 Å². The molecule has 1 atom stereocenters. The van der Waals surface area contributed by atoms with Crippen molar-refractivity contribution < 1.29 is 8.42 Å². The molecule has 2 N–H and O–H groups in total. The Hall–Kier alpha value is -1.07. The zero-order chi connectivity index (χ0) is 15.7. The Morgan fingerprint density at radius 2 is 1.81 bits per heavy atom. The zero-order valence-electron chi connectivity index (χ0n) is 13.4. The van der Waals surface area contributed by atoms with E-state index in [9.17, 15) is 8.42 Å². The predicted octanol–water partition coefficient (Wildman–Crippen LogP) is 3.76. The van der Waals surface area contributed by atoms with Crippen molar-refractivity contribution in [2.75, 3.05) is 11.9 Å². The van der Waals surface area contributed by atoms with Gasteiger partial charge in [-0.1, -0.05) is 45.2 Å². The number of anilines is 1. The van der Waals surface area contributed by atoms with E-state index in [1.165, 1.54) is 12.8 Å². The van der Waals surface area contributed by atoms with Crippen molar-refractivity contribution in [3.63, 3.8) is 0 Å². The third kappa shape index (κ3) is 6.06. The van der Waals surface area contributed by atoms with E-state index in [0.29, 0.717) is 17.1 Å². The van der Waals surface area contributed by atoms with Gasteiger partial charge in [0.25, 0.3) is 0 Å². The first-order valence-corrected chi connectivity index (χ1v) is 9.34. The fourth-order valence-electron chi connectivity index (χ4n) is 2.17. The topological polar surface area (TPSA) is 58.2 Å². The molecule has 0 bridgehead atoms. The quantitative estimate of drug-likeness (QED) is 0.647. The Labute approximate surface area is 129 Å². The Morgan fingerprint density at radius 1 is 1.10 bits per heavy atom. The molecule has 0 aliphatic heterocycles. The van der Waals surface area contributed by atoms with Crippen LogP contribution in [0.3, 0.4) is 0 Å².